The van der Waals surface area contributed by atoms with Crippen molar-refractivity contribution in [2.45, 2.75) is 31.8 Å². The van der Waals surface area contributed by atoms with Crippen LogP contribution in [0.25, 0.3) is 0 Å². The van der Waals surface area contributed by atoms with Gasteiger partial charge in [-0.1, -0.05) is 0 Å². The molecule has 4 heteroatoms. The zero-order valence-electron chi connectivity index (χ0n) is 10.9. The normalized spacial score (nSPS) is 15.9. The number of aryl methyl sites for hydroxylation is 2. The van der Waals surface area contributed by atoms with Crippen LogP contribution in [0.4, 0.5) is 0 Å². The van der Waals surface area contributed by atoms with E-state index in [4.69, 9.17) is 4.74 Å². The molecular formula is C15H17NO2S. The molecule has 0 amide bonds. The van der Waals surface area contributed by atoms with Crippen LogP contribution in [0.2, 0.25) is 0 Å². The summed E-state index contributed by atoms with van der Waals surface area (Å²) < 4.78 is 5.15. The Kier molecular flexibility index (Phi) is 3.53. The number of ether oxygens (including phenoxy) is 1. The van der Waals surface area contributed by atoms with Gasteiger partial charge in [0.1, 0.15) is 11.9 Å². The predicted molar refractivity (Wildman–Crippen MR) is 75.8 cm³/mol. The van der Waals surface area contributed by atoms with Gasteiger partial charge in [-0.05, 0) is 43.4 Å². The summed E-state index contributed by atoms with van der Waals surface area (Å²) in [5.74, 6) is 0.679. The van der Waals surface area contributed by atoms with Gasteiger partial charge in [0.15, 0.2) is 0 Å². The Morgan fingerprint density at radius 2 is 2.11 bits per heavy atom. The van der Waals surface area contributed by atoms with Crippen molar-refractivity contribution in [1.82, 2.24) is 4.98 Å². The van der Waals surface area contributed by atoms with Crippen molar-refractivity contribution in [3.05, 3.63) is 45.4 Å². The van der Waals surface area contributed by atoms with Crippen LogP contribution in [0.5, 0.6) is 5.75 Å². The Bertz CT molecular complexity index is 556. The number of methoxy groups -OCH3 is 1. The van der Waals surface area contributed by atoms with Crippen LogP contribution < -0.4 is 4.74 Å². The lowest BCUT2D eigenvalue weighted by atomic mass is 9.98. The van der Waals surface area contributed by atoms with Crippen LogP contribution in [0, 0.1) is 0 Å². The molecule has 3 nitrogen and oxygen atoms in total. The van der Waals surface area contributed by atoms with E-state index in [1.54, 1.807) is 30.8 Å². The van der Waals surface area contributed by atoms with Crippen LogP contribution in [0.3, 0.4) is 0 Å². The highest BCUT2D eigenvalue weighted by atomic mass is 32.1. The zero-order valence-corrected chi connectivity index (χ0v) is 11.7. The van der Waals surface area contributed by atoms with Crippen molar-refractivity contribution < 1.29 is 9.84 Å². The molecule has 2 aromatic heterocycles. The second-order valence-corrected chi connectivity index (χ2v) is 6.03. The third kappa shape index (κ3) is 2.51. The maximum atomic E-state index is 10.5. The first-order valence-corrected chi connectivity index (χ1v) is 7.38. The van der Waals surface area contributed by atoms with Gasteiger partial charge in [-0.15, -0.1) is 11.3 Å². The summed E-state index contributed by atoms with van der Waals surface area (Å²) in [5, 5.41) is 10.5. The lowest BCUT2D eigenvalue weighted by Gasteiger charge is -2.09. The molecule has 1 unspecified atom stereocenters. The Balaban J connectivity index is 1.90. The highest BCUT2D eigenvalue weighted by Crippen LogP contribution is 2.35. The molecule has 0 aliphatic heterocycles. The number of aliphatic hydroxyl groups excluding tert-OH is 1. The van der Waals surface area contributed by atoms with Crippen molar-refractivity contribution in [2.75, 3.05) is 7.11 Å². The largest absolute Gasteiger partial charge is 0.495 e. The monoisotopic (exact) mass is 275 g/mol. The number of hydrogen-bond donors (Lipinski definition) is 1. The van der Waals surface area contributed by atoms with Gasteiger partial charge in [-0.2, -0.15) is 0 Å². The Morgan fingerprint density at radius 3 is 2.89 bits per heavy atom. The van der Waals surface area contributed by atoms with Crippen LogP contribution in [0.1, 0.15) is 39.8 Å². The molecule has 1 N–H and O–H groups in total. The molecule has 0 aromatic carbocycles. The maximum Gasteiger partial charge on any atom is 0.137 e. The Labute approximate surface area is 116 Å². The van der Waals surface area contributed by atoms with E-state index in [2.05, 4.69) is 11.1 Å². The summed E-state index contributed by atoms with van der Waals surface area (Å²) in [6.07, 6.45) is 7.58. The van der Waals surface area contributed by atoms with Gasteiger partial charge in [0.25, 0.3) is 0 Å². The van der Waals surface area contributed by atoms with Gasteiger partial charge in [-0.25, -0.2) is 0 Å². The van der Waals surface area contributed by atoms with E-state index in [0.29, 0.717) is 5.75 Å². The fraction of sp³-hybridized carbons (Fsp3) is 0.400. The molecule has 0 fully saturated rings. The summed E-state index contributed by atoms with van der Waals surface area (Å²) in [6.45, 7) is 0. The molecule has 100 valence electrons. The lowest BCUT2D eigenvalue weighted by molar-refractivity contribution is 0.223. The van der Waals surface area contributed by atoms with E-state index in [-0.39, 0.29) is 0 Å². The molecule has 0 saturated heterocycles. The summed E-state index contributed by atoms with van der Waals surface area (Å²) in [6, 6.07) is 4.00. The van der Waals surface area contributed by atoms with E-state index in [1.807, 2.05) is 6.07 Å². The molecule has 3 rings (SSSR count). The summed E-state index contributed by atoms with van der Waals surface area (Å²) >= 11 is 1.73. The number of nitrogens with zero attached hydrogens (tertiary/aromatic N) is 1. The lowest BCUT2D eigenvalue weighted by Crippen LogP contribution is -1.99. The second-order valence-electron chi connectivity index (χ2n) is 4.86. The molecule has 1 aliphatic carbocycles. The molecule has 0 spiro atoms. The van der Waals surface area contributed by atoms with Crippen LogP contribution in [-0.4, -0.2) is 17.2 Å². The SMILES string of the molecule is COc1cncc(C(O)c2cc3c(s2)CCCC3)c1. The van der Waals surface area contributed by atoms with Gasteiger partial charge in [0.2, 0.25) is 0 Å². The molecule has 19 heavy (non-hydrogen) atoms. The van der Waals surface area contributed by atoms with Crippen molar-refractivity contribution in [3.8, 4) is 5.75 Å². The quantitative estimate of drug-likeness (QED) is 0.936. The summed E-state index contributed by atoms with van der Waals surface area (Å²) in [5.41, 5.74) is 2.21. The van der Waals surface area contributed by atoms with Gasteiger partial charge >= 0.3 is 0 Å². The minimum atomic E-state index is -0.599. The molecule has 0 saturated carbocycles. The Hall–Kier alpha value is -1.39. The average molecular weight is 275 g/mol. The number of thiophene rings is 1. The number of pyridine rings is 1. The first-order valence-electron chi connectivity index (χ1n) is 6.56. The van der Waals surface area contributed by atoms with Gasteiger partial charge in [-0.3, -0.25) is 4.98 Å². The second kappa shape index (κ2) is 5.31. The molecule has 2 aromatic rings. The van der Waals surface area contributed by atoms with Crippen molar-refractivity contribution in [1.29, 1.82) is 0 Å². The fourth-order valence-corrected chi connectivity index (χ4v) is 3.78. The van der Waals surface area contributed by atoms with Crippen molar-refractivity contribution >= 4 is 11.3 Å². The smallest absolute Gasteiger partial charge is 0.137 e. The van der Waals surface area contributed by atoms with E-state index in [9.17, 15) is 5.11 Å². The van der Waals surface area contributed by atoms with E-state index in [0.717, 1.165) is 23.3 Å². The van der Waals surface area contributed by atoms with Gasteiger partial charge in [0, 0.05) is 21.5 Å². The molecule has 0 radical (unpaired) electrons. The summed E-state index contributed by atoms with van der Waals surface area (Å²) in [7, 11) is 1.61. The number of aromatic nitrogens is 1. The van der Waals surface area contributed by atoms with Crippen molar-refractivity contribution in [2.24, 2.45) is 0 Å². The van der Waals surface area contributed by atoms with Crippen LogP contribution in [-0.2, 0) is 12.8 Å². The fourth-order valence-electron chi connectivity index (χ4n) is 2.51. The zero-order chi connectivity index (χ0) is 13.2. The standard InChI is InChI=1S/C15H17NO2S/c1-18-12-6-11(8-16-9-12)15(17)14-7-10-4-2-3-5-13(10)19-14/h6-9,15,17H,2-5H2,1H3. The van der Waals surface area contributed by atoms with Crippen molar-refractivity contribution in [3.63, 3.8) is 0 Å². The molecular weight excluding hydrogens is 258 g/mol. The first kappa shape index (κ1) is 12.6. The number of rotatable bonds is 3. The number of hydrogen-bond acceptors (Lipinski definition) is 4. The molecule has 2 heterocycles. The highest BCUT2D eigenvalue weighted by Gasteiger charge is 2.19. The average Bonchev–Trinajstić information content (AvgIpc) is 2.90. The summed E-state index contributed by atoms with van der Waals surface area (Å²) in [4.78, 5) is 6.56. The third-order valence-corrected chi connectivity index (χ3v) is 4.86. The number of fused-ring (bicyclic) bond motifs is 1. The minimum absolute atomic E-state index is 0.599. The highest BCUT2D eigenvalue weighted by molar-refractivity contribution is 7.12. The topological polar surface area (TPSA) is 42.4 Å². The van der Waals surface area contributed by atoms with Gasteiger partial charge < -0.3 is 9.84 Å². The van der Waals surface area contributed by atoms with Gasteiger partial charge in [0.05, 0.1) is 13.3 Å². The predicted octanol–water partition coefficient (Wildman–Crippen LogP) is 3.11. The third-order valence-electron chi connectivity index (χ3n) is 3.57. The van der Waals surface area contributed by atoms with E-state index in [1.165, 1.54) is 23.3 Å². The Morgan fingerprint density at radius 1 is 1.26 bits per heavy atom. The minimum Gasteiger partial charge on any atom is -0.495 e. The van der Waals surface area contributed by atoms with Crippen LogP contribution in [0.15, 0.2) is 24.5 Å². The molecule has 1 atom stereocenters. The van der Waals surface area contributed by atoms with E-state index < -0.39 is 6.10 Å². The maximum absolute atomic E-state index is 10.5. The number of aliphatic hydroxyl groups is 1. The van der Waals surface area contributed by atoms with Crippen LogP contribution >= 0.6 is 11.3 Å². The molecule has 1 aliphatic rings. The van der Waals surface area contributed by atoms with E-state index >= 15 is 0 Å². The first-order chi connectivity index (χ1) is 9.28. The molecule has 0 bridgehead atoms.